The molecule has 0 bridgehead atoms. The zero-order chi connectivity index (χ0) is 10.3. The molecule has 14 heavy (non-hydrogen) atoms. The second-order valence-electron chi connectivity index (χ2n) is 3.44. The average Bonchev–Trinajstić information content (AvgIpc) is 2.92. The molecule has 0 radical (unpaired) electrons. The molecule has 1 aliphatic rings. The van der Waals surface area contributed by atoms with E-state index in [4.69, 9.17) is 5.26 Å². The lowest BCUT2D eigenvalue weighted by molar-refractivity contribution is 0.487. The third kappa shape index (κ3) is 1.17. The zero-order valence-corrected chi connectivity index (χ0v) is 7.15. The molecule has 1 aliphatic carbocycles. The van der Waals surface area contributed by atoms with E-state index in [2.05, 4.69) is 0 Å². The van der Waals surface area contributed by atoms with E-state index >= 15 is 0 Å². The smallest absolute Gasteiger partial charge is 0.161 e. The van der Waals surface area contributed by atoms with Crippen molar-refractivity contribution in [3.63, 3.8) is 0 Å². The Morgan fingerprint density at radius 3 is 2.14 bits per heavy atom. The van der Waals surface area contributed by atoms with Crippen LogP contribution in [0.15, 0.2) is 12.1 Å². The summed E-state index contributed by atoms with van der Waals surface area (Å²) >= 11 is 0. The SMILES string of the molecule is N#CC1(c2cc(F)c(F)cc2F)CC1. The number of nitrogens with zero attached hydrogens (tertiary/aromatic N) is 1. The summed E-state index contributed by atoms with van der Waals surface area (Å²) < 4.78 is 38.6. The predicted octanol–water partition coefficient (Wildman–Crippen LogP) is 2.66. The Labute approximate surface area is 78.8 Å². The number of halogens is 3. The first-order valence-electron chi connectivity index (χ1n) is 4.15. The van der Waals surface area contributed by atoms with E-state index in [1.165, 1.54) is 0 Å². The molecule has 2 rings (SSSR count). The lowest BCUT2D eigenvalue weighted by Gasteiger charge is -2.07. The van der Waals surface area contributed by atoms with Crippen LogP contribution in [-0.4, -0.2) is 0 Å². The average molecular weight is 197 g/mol. The fourth-order valence-corrected chi connectivity index (χ4v) is 1.46. The Balaban J connectivity index is 2.55. The Bertz CT molecular complexity index is 430. The van der Waals surface area contributed by atoms with Gasteiger partial charge in [0.1, 0.15) is 5.82 Å². The molecule has 4 heteroatoms. The molecular weight excluding hydrogens is 191 g/mol. The third-order valence-corrected chi connectivity index (χ3v) is 2.49. The van der Waals surface area contributed by atoms with E-state index < -0.39 is 22.9 Å². The van der Waals surface area contributed by atoms with Gasteiger partial charge in [0, 0.05) is 11.6 Å². The van der Waals surface area contributed by atoms with Crippen LogP contribution < -0.4 is 0 Å². The summed E-state index contributed by atoms with van der Waals surface area (Å²) in [5.41, 5.74) is -0.947. The van der Waals surface area contributed by atoms with Crippen LogP contribution in [-0.2, 0) is 5.41 Å². The Morgan fingerprint density at radius 2 is 1.64 bits per heavy atom. The van der Waals surface area contributed by atoms with Gasteiger partial charge in [0.15, 0.2) is 11.6 Å². The minimum absolute atomic E-state index is 0.0288. The summed E-state index contributed by atoms with van der Waals surface area (Å²) in [5.74, 6) is -3.18. The molecular formula is C10H6F3N. The van der Waals surface area contributed by atoms with Gasteiger partial charge >= 0.3 is 0 Å². The van der Waals surface area contributed by atoms with Gasteiger partial charge in [-0.05, 0) is 18.9 Å². The lowest BCUT2D eigenvalue weighted by Crippen LogP contribution is -2.07. The number of nitriles is 1. The first-order chi connectivity index (χ1) is 6.59. The zero-order valence-electron chi connectivity index (χ0n) is 7.15. The van der Waals surface area contributed by atoms with Crippen molar-refractivity contribution in [2.24, 2.45) is 0 Å². The summed E-state index contributed by atoms with van der Waals surface area (Å²) in [6.45, 7) is 0. The molecule has 0 saturated heterocycles. The predicted molar refractivity (Wildman–Crippen MR) is 42.8 cm³/mol. The molecule has 1 aromatic carbocycles. The molecule has 1 saturated carbocycles. The van der Waals surface area contributed by atoms with Crippen LogP contribution in [0.4, 0.5) is 13.2 Å². The van der Waals surface area contributed by atoms with Gasteiger partial charge in [-0.1, -0.05) is 0 Å². The monoisotopic (exact) mass is 197 g/mol. The first kappa shape index (κ1) is 9.07. The maximum Gasteiger partial charge on any atom is 0.161 e. The van der Waals surface area contributed by atoms with E-state index in [-0.39, 0.29) is 5.56 Å². The molecule has 0 heterocycles. The van der Waals surface area contributed by atoms with Gasteiger partial charge in [0.25, 0.3) is 0 Å². The van der Waals surface area contributed by atoms with Crippen LogP contribution in [0.1, 0.15) is 18.4 Å². The van der Waals surface area contributed by atoms with E-state index in [9.17, 15) is 13.2 Å². The van der Waals surface area contributed by atoms with Crippen LogP contribution in [0.3, 0.4) is 0 Å². The number of rotatable bonds is 1. The van der Waals surface area contributed by atoms with Crippen molar-refractivity contribution in [2.75, 3.05) is 0 Å². The second-order valence-corrected chi connectivity index (χ2v) is 3.44. The number of benzene rings is 1. The minimum Gasteiger partial charge on any atom is -0.207 e. The molecule has 1 nitrogen and oxygen atoms in total. The van der Waals surface area contributed by atoms with Gasteiger partial charge in [-0.25, -0.2) is 13.2 Å². The molecule has 0 spiro atoms. The van der Waals surface area contributed by atoms with E-state index in [0.29, 0.717) is 18.9 Å². The summed E-state index contributed by atoms with van der Waals surface area (Å²) in [5, 5.41) is 8.76. The van der Waals surface area contributed by atoms with Crippen LogP contribution in [0.2, 0.25) is 0 Å². The topological polar surface area (TPSA) is 23.8 Å². The van der Waals surface area contributed by atoms with Crippen molar-refractivity contribution < 1.29 is 13.2 Å². The van der Waals surface area contributed by atoms with Gasteiger partial charge in [0.05, 0.1) is 11.5 Å². The van der Waals surface area contributed by atoms with Crippen molar-refractivity contribution in [1.82, 2.24) is 0 Å². The van der Waals surface area contributed by atoms with Gasteiger partial charge in [-0.3, -0.25) is 0 Å². The van der Waals surface area contributed by atoms with E-state index in [1.54, 1.807) is 0 Å². The van der Waals surface area contributed by atoms with Gasteiger partial charge in [-0.2, -0.15) is 5.26 Å². The molecule has 0 N–H and O–H groups in total. The standard InChI is InChI=1S/C10H6F3N/c11-7-4-9(13)8(12)3-6(7)10(5-14)1-2-10/h3-4H,1-2H2. The van der Waals surface area contributed by atoms with Crippen LogP contribution in [0.25, 0.3) is 0 Å². The largest absolute Gasteiger partial charge is 0.207 e. The highest BCUT2D eigenvalue weighted by atomic mass is 19.2. The number of hydrogen-bond donors (Lipinski definition) is 0. The van der Waals surface area contributed by atoms with Crippen molar-refractivity contribution in [3.8, 4) is 6.07 Å². The molecule has 0 aliphatic heterocycles. The van der Waals surface area contributed by atoms with Gasteiger partial charge in [0.2, 0.25) is 0 Å². The number of hydrogen-bond acceptors (Lipinski definition) is 1. The quantitative estimate of drug-likeness (QED) is 0.635. The summed E-state index contributed by atoms with van der Waals surface area (Å²) in [6.07, 6.45) is 1.01. The van der Waals surface area contributed by atoms with Crippen LogP contribution in [0.5, 0.6) is 0 Å². The highest BCUT2D eigenvalue weighted by molar-refractivity contribution is 5.40. The molecule has 72 valence electrons. The van der Waals surface area contributed by atoms with Crippen LogP contribution >= 0.6 is 0 Å². The van der Waals surface area contributed by atoms with Crippen molar-refractivity contribution in [3.05, 3.63) is 35.1 Å². The Hall–Kier alpha value is -1.50. The second kappa shape index (κ2) is 2.74. The minimum atomic E-state index is -1.22. The summed E-state index contributed by atoms with van der Waals surface area (Å²) in [7, 11) is 0. The maximum atomic E-state index is 13.2. The summed E-state index contributed by atoms with van der Waals surface area (Å²) in [6, 6.07) is 3.19. The fraction of sp³-hybridized carbons (Fsp3) is 0.300. The third-order valence-electron chi connectivity index (χ3n) is 2.49. The highest BCUT2D eigenvalue weighted by Crippen LogP contribution is 2.48. The molecule has 1 aromatic rings. The first-order valence-corrected chi connectivity index (χ1v) is 4.15. The van der Waals surface area contributed by atoms with E-state index in [1.807, 2.05) is 6.07 Å². The maximum absolute atomic E-state index is 13.2. The lowest BCUT2D eigenvalue weighted by atomic mass is 9.97. The molecule has 0 atom stereocenters. The van der Waals surface area contributed by atoms with Crippen molar-refractivity contribution >= 4 is 0 Å². The Morgan fingerprint density at radius 1 is 1.07 bits per heavy atom. The molecule has 0 aromatic heterocycles. The van der Waals surface area contributed by atoms with Crippen LogP contribution in [0, 0.1) is 28.8 Å². The van der Waals surface area contributed by atoms with Gasteiger partial charge < -0.3 is 0 Å². The fourth-order valence-electron chi connectivity index (χ4n) is 1.46. The molecule has 0 amide bonds. The molecule has 1 fully saturated rings. The van der Waals surface area contributed by atoms with Crippen molar-refractivity contribution in [2.45, 2.75) is 18.3 Å². The summed E-state index contributed by atoms with van der Waals surface area (Å²) in [4.78, 5) is 0. The highest BCUT2D eigenvalue weighted by Gasteiger charge is 2.47. The van der Waals surface area contributed by atoms with Gasteiger partial charge in [-0.15, -0.1) is 0 Å². The molecule has 0 unspecified atom stereocenters. The normalized spacial score (nSPS) is 17.6. The van der Waals surface area contributed by atoms with Crippen molar-refractivity contribution in [1.29, 1.82) is 5.26 Å². The van der Waals surface area contributed by atoms with E-state index in [0.717, 1.165) is 6.07 Å². The Kier molecular flexibility index (Phi) is 1.78.